The molecule has 0 saturated heterocycles. The fraction of sp³-hybridized carbons (Fsp3) is 0. The van der Waals surface area contributed by atoms with Crippen LogP contribution in [-0.4, -0.2) is 15.3 Å². The van der Waals surface area contributed by atoms with Crippen LogP contribution in [0.3, 0.4) is 0 Å². The van der Waals surface area contributed by atoms with Gasteiger partial charge in [0.05, 0.1) is 15.0 Å². The van der Waals surface area contributed by atoms with Gasteiger partial charge in [-0.05, 0) is 0 Å². The number of nitrogen functional groups attached to an aromatic ring is 2. The maximum Gasteiger partial charge on any atom is 0.522 e. The smallest absolute Gasteiger partial charge is 0.356 e. The van der Waals surface area contributed by atoms with Gasteiger partial charge >= 0.3 is 5.95 Å². The summed E-state index contributed by atoms with van der Waals surface area (Å²) >= 11 is 0. The molecule has 0 aliphatic carbocycles. The van der Waals surface area contributed by atoms with Gasteiger partial charge in [-0.15, -0.1) is 0 Å². The molecule has 1 aromatic heterocycles. The Morgan fingerprint density at radius 2 is 1.69 bits per heavy atom. The van der Waals surface area contributed by atoms with Crippen molar-refractivity contribution in [2.45, 2.75) is 0 Å². The van der Waals surface area contributed by atoms with Gasteiger partial charge in [0.2, 0.25) is 0 Å². The molecule has 0 aliphatic rings. The summed E-state index contributed by atoms with van der Waals surface area (Å²) in [5.41, 5.74) is 2.33. The first-order valence-electron chi connectivity index (χ1n) is 3.17. The first kappa shape index (κ1) is 15.6. The zero-order valence-electron chi connectivity index (χ0n) is 7.52. The minimum Gasteiger partial charge on any atom is -0.356 e. The van der Waals surface area contributed by atoms with Crippen molar-refractivity contribution in [3.05, 3.63) is 37.0 Å². The van der Waals surface area contributed by atoms with Gasteiger partial charge in [0.15, 0.2) is 0 Å². The van der Waals surface area contributed by atoms with Crippen LogP contribution < -0.4 is 26.9 Å². The van der Waals surface area contributed by atoms with E-state index in [4.69, 9.17) is 42.3 Å². The Hall–Kier alpha value is -2.90. The molecule has 14 nitrogen and oxygen atoms in total. The van der Waals surface area contributed by atoms with Gasteiger partial charge in [-0.2, -0.15) is 16.3 Å². The Morgan fingerprint density at radius 1 is 1.31 bits per heavy atom. The van der Waals surface area contributed by atoms with Gasteiger partial charge in [-0.1, -0.05) is 5.10 Å². The summed E-state index contributed by atoms with van der Waals surface area (Å²) in [7, 11) is 0. The van der Waals surface area contributed by atoms with Crippen LogP contribution in [0.4, 0.5) is 5.95 Å². The second kappa shape index (κ2) is 8.69. The molecule has 0 aromatic carbocycles. The lowest BCUT2D eigenvalue weighted by Gasteiger charge is -1.77. The fourth-order valence-electron chi connectivity index (χ4n) is 0.415. The van der Waals surface area contributed by atoms with E-state index in [0.29, 0.717) is 5.95 Å². The van der Waals surface area contributed by atoms with Crippen LogP contribution in [0.1, 0.15) is 0 Å². The van der Waals surface area contributed by atoms with Gasteiger partial charge in [-0.25, -0.2) is 5.84 Å². The summed E-state index contributed by atoms with van der Waals surface area (Å²) in [4.78, 5) is 20.4. The Labute approximate surface area is 86.2 Å². The first-order valence-corrected chi connectivity index (χ1v) is 3.17. The number of H-pyrrole nitrogens is 2. The van der Waals surface area contributed by atoms with Crippen molar-refractivity contribution in [1.29, 1.82) is 0 Å². The predicted molar refractivity (Wildman–Crippen MR) is 46.2 cm³/mol. The lowest BCUT2D eigenvalue weighted by Crippen LogP contribution is -2.50. The quantitative estimate of drug-likeness (QED) is 0.166. The van der Waals surface area contributed by atoms with E-state index in [2.05, 4.69) is 15.5 Å². The van der Waals surface area contributed by atoms with Crippen LogP contribution in [0.5, 0.6) is 0 Å². The van der Waals surface area contributed by atoms with Crippen molar-refractivity contribution in [2.24, 2.45) is 5.84 Å². The first-order chi connectivity index (χ1) is 7.31. The molecule has 7 N–H and O–H groups in total. The molecule has 1 aromatic rings. The molecule has 0 fully saturated rings. The molecule has 0 amide bonds. The fourth-order valence-corrected chi connectivity index (χ4v) is 0.415. The number of hydrazine groups is 1. The van der Waals surface area contributed by atoms with Gasteiger partial charge in [0.25, 0.3) is 6.33 Å². The van der Waals surface area contributed by atoms with Crippen molar-refractivity contribution < 1.29 is 19.9 Å². The molecule has 0 spiro atoms. The van der Waals surface area contributed by atoms with E-state index in [1.54, 1.807) is 6.33 Å². The van der Waals surface area contributed by atoms with E-state index < -0.39 is 10.2 Å². The highest BCUT2D eigenvalue weighted by Crippen LogP contribution is 1.70. The van der Waals surface area contributed by atoms with Crippen LogP contribution in [-0.2, 0) is 0 Å². The van der Waals surface area contributed by atoms with Crippen LogP contribution >= 0.6 is 0 Å². The highest BCUT2D eigenvalue weighted by atomic mass is 16.9. The number of nitrogens with two attached hydrogens (primary N) is 2. The third kappa shape index (κ3) is 13.7. The van der Waals surface area contributed by atoms with Crippen molar-refractivity contribution in [2.75, 3.05) is 11.3 Å². The molecular weight excluding hydrogens is 232 g/mol. The second-order valence-electron chi connectivity index (χ2n) is 1.73. The normalized spacial score (nSPS) is 7.56. The van der Waals surface area contributed by atoms with Crippen LogP contribution in [0.15, 0.2) is 6.33 Å². The Morgan fingerprint density at radius 3 is 1.81 bits per heavy atom. The van der Waals surface area contributed by atoms with Gasteiger partial charge in [0.1, 0.15) is 0 Å². The topological polar surface area (TPSA) is 230 Å². The molecule has 0 unspecified atom stereocenters. The average Bonchev–Trinajstić information content (AvgIpc) is 2.48. The summed E-state index contributed by atoms with van der Waals surface area (Å²) < 4.78 is 0. The van der Waals surface area contributed by atoms with Crippen molar-refractivity contribution in [1.82, 2.24) is 5.10 Å². The zero-order chi connectivity index (χ0) is 13.1. The predicted octanol–water partition coefficient (Wildman–Crippen LogP) is -3.36. The highest BCUT2D eigenvalue weighted by molar-refractivity contribution is 5.00. The van der Waals surface area contributed by atoms with Gasteiger partial charge < -0.3 is 30.6 Å². The Balaban J connectivity index is 0. The zero-order valence-corrected chi connectivity index (χ0v) is 7.52. The number of aromatic nitrogens is 3. The molecule has 1 heterocycles. The van der Waals surface area contributed by atoms with Crippen molar-refractivity contribution in [3.8, 4) is 0 Å². The van der Waals surface area contributed by atoms with E-state index in [-0.39, 0.29) is 0 Å². The number of nitrogens with one attached hydrogen (secondary N) is 3. The maximum atomic E-state index is 8.25. The molecular formula is C2H8N8O6. The summed E-state index contributed by atoms with van der Waals surface area (Å²) in [6, 6.07) is 0. The van der Waals surface area contributed by atoms with E-state index in [0.717, 1.165) is 0 Å². The standard InChI is InChI=1S/C2H6N6.2NO3/c3-7-2-5-1-6-8(2)4;2*2-1(3)4/h1H,3-4H2,(H,5,6,7);;/q;2*-1/p+2. The summed E-state index contributed by atoms with van der Waals surface area (Å²) in [5, 5.41) is 32.1. The number of aromatic amines is 2. The molecule has 0 bridgehead atoms. The summed E-state index contributed by atoms with van der Waals surface area (Å²) in [6.07, 6.45) is 1.55. The average molecular weight is 240 g/mol. The summed E-state index contributed by atoms with van der Waals surface area (Å²) in [5.74, 6) is 10.7. The minimum absolute atomic E-state index is 0.519. The van der Waals surface area contributed by atoms with E-state index in [9.17, 15) is 0 Å². The second-order valence-corrected chi connectivity index (χ2v) is 1.73. The molecule has 14 heteroatoms. The lowest BCUT2D eigenvalue weighted by molar-refractivity contribution is -0.702. The largest absolute Gasteiger partial charge is 0.522 e. The number of rotatable bonds is 1. The van der Waals surface area contributed by atoms with Crippen LogP contribution in [0.25, 0.3) is 0 Å². The third-order valence-electron chi connectivity index (χ3n) is 0.790. The molecule has 0 atom stereocenters. The molecule has 1 rings (SSSR count). The van der Waals surface area contributed by atoms with Crippen LogP contribution in [0.2, 0.25) is 0 Å². The minimum atomic E-state index is -1.75. The highest BCUT2D eigenvalue weighted by Gasteiger charge is 2.10. The molecule has 16 heavy (non-hydrogen) atoms. The van der Waals surface area contributed by atoms with Gasteiger partial charge in [0, 0.05) is 0 Å². The molecule has 0 radical (unpaired) electrons. The number of anilines is 1. The Bertz CT molecular complexity index is 302. The van der Waals surface area contributed by atoms with Crippen molar-refractivity contribution >= 4 is 5.95 Å². The van der Waals surface area contributed by atoms with E-state index in [1.807, 2.05) is 0 Å². The monoisotopic (exact) mass is 240 g/mol. The third-order valence-corrected chi connectivity index (χ3v) is 0.790. The van der Waals surface area contributed by atoms with E-state index >= 15 is 0 Å². The number of nitrogens with zero attached hydrogens (tertiary/aromatic N) is 3. The molecule has 0 saturated carbocycles. The number of hydrogen-bond acceptors (Lipinski definition) is 9. The van der Waals surface area contributed by atoms with Crippen LogP contribution in [0, 0.1) is 30.6 Å². The Kier molecular flexibility index (Phi) is 8.45. The molecule has 0 aliphatic heterocycles. The van der Waals surface area contributed by atoms with Gasteiger partial charge in [-0.3, -0.25) is 0 Å². The maximum absolute atomic E-state index is 8.25. The van der Waals surface area contributed by atoms with E-state index in [1.165, 1.54) is 4.79 Å². The lowest BCUT2D eigenvalue weighted by atomic mass is 11.1. The number of hydrogen-bond donors (Lipinski definition) is 4. The summed E-state index contributed by atoms with van der Waals surface area (Å²) in [6.45, 7) is 0. The SMILES string of the molecule is NNc1[nH+]c[nH][n+]1N.O=[N+]([O-])[O-].O=[N+]([O-])[O-]. The molecule has 92 valence electrons. The van der Waals surface area contributed by atoms with Crippen molar-refractivity contribution in [3.63, 3.8) is 0 Å².